The second-order valence-corrected chi connectivity index (χ2v) is 4.51. The summed E-state index contributed by atoms with van der Waals surface area (Å²) in [5.41, 5.74) is 2.90. The highest BCUT2D eigenvalue weighted by atomic mass is 19.3. The molecule has 0 saturated heterocycles. The van der Waals surface area contributed by atoms with E-state index in [4.69, 9.17) is 4.74 Å². The van der Waals surface area contributed by atoms with Crippen molar-refractivity contribution in [1.29, 1.82) is 0 Å². The Bertz CT molecular complexity index is 576. The van der Waals surface area contributed by atoms with Gasteiger partial charge in [0.2, 0.25) is 0 Å². The van der Waals surface area contributed by atoms with Gasteiger partial charge in [-0.3, -0.25) is 0 Å². The highest BCUT2D eigenvalue weighted by molar-refractivity contribution is 5.48. The standard InChI is InChI=1S/C16H17F2NO2/c1-20-11-13-5-2-4-12(8-13)10-19-14-6-3-7-15(9-14)21-16(17)18/h2-9,16,19H,10-11H2,1H3. The molecule has 1 N–H and O–H groups in total. The zero-order valence-corrected chi connectivity index (χ0v) is 11.7. The minimum absolute atomic E-state index is 0.142. The summed E-state index contributed by atoms with van der Waals surface area (Å²) in [5, 5.41) is 3.18. The van der Waals surface area contributed by atoms with Crippen molar-refractivity contribution in [3.63, 3.8) is 0 Å². The number of ether oxygens (including phenoxy) is 2. The van der Waals surface area contributed by atoms with E-state index in [1.54, 1.807) is 25.3 Å². The van der Waals surface area contributed by atoms with Crippen molar-refractivity contribution in [1.82, 2.24) is 0 Å². The fourth-order valence-corrected chi connectivity index (χ4v) is 1.98. The lowest BCUT2D eigenvalue weighted by atomic mass is 10.1. The van der Waals surface area contributed by atoms with Crippen LogP contribution in [0.25, 0.3) is 0 Å². The molecule has 0 aliphatic carbocycles. The maximum atomic E-state index is 12.2. The summed E-state index contributed by atoms with van der Waals surface area (Å²) in [6.07, 6.45) is 0. The second kappa shape index (κ2) is 7.59. The summed E-state index contributed by atoms with van der Waals surface area (Å²) in [5.74, 6) is 0.142. The van der Waals surface area contributed by atoms with E-state index in [1.165, 1.54) is 6.07 Å². The van der Waals surface area contributed by atoms with Crippen molar-refractivity contribution in [2.75, 3.05) is 12.4 Å². The van der Waals surface area contributed by atoms with Gasteiger partial charge in [-0.1, -0.05) is 30.3 Å². The van der Waals surface area contributed by atoms with Crippen LogP contribution < -0.4 is 10.1 Å². The van der Waals surface area contributed by atoms with Gasteiger partial charge in [0.15, 0.2) is 0 Å². The van der Waals surface area contributed by atoms with Gasteiger partial charge in [-0.2, -0.15) is 8.78 Å². The number of methoxy groups -OCH3 is 1. The van der Waals surface area contributed by atoms with E-state index in [2.05, 4.69) is 10.1 Å². The van der Waals surface area contributed by atoms with E-state index < -0.39 is 6.61 Å². The average molecular weight is 293 g/mol. The monoisotopic (exact) mass is 293 g/mol. The number of alkyl halides is 2. The van der Waals surface area contributed by atoms with Gasteiger partial charge in [-0.15, -0.1) is 0 Å². The summed E-state index contributed by atoms with van der Waals surface area (Å²) >= 11 is 0. The Hall–Kier alpha value is -2.14. The minimum atomic E-state index is -2.81. The molecule has 0 aliphatic heterocycles. The molecule has 0 fully saturated rings. The molecular weight excluding hydrogens is 276 g/mol. The summed E-state index contributed by atoms with van der Waals surface area (Å²) in [4.78, 5) is 0. The number of anilines is 1. The van der Waals surface area contributed by atoms with Gasteiger partial charge in [0.25, 0.3) is 0 Å². The van der Waals surface area contributed by atoms with E-state index >= 15 is 0 Å². The van der Waals surface area contributed by atoms with E-state index in [9.17, 15) is 8.78 Å². The van der Waals surface area contributed by atoms with Crippen LogP contribution in [0.1, 0.15) is 11.1 Å². The summed E-state index contributed by atoms with van der Waals surface area (Å²) in [7, 11) is 1.65. The molecule has 0 radical (unpaired) electrons. The number of hydrogen-bond acceptors (Lipinski definition) is 3. The van der Waals surface area contributed by atoms with Gasteiger partial charge in [0.1, 0.15) is 5.75 Å². The molecule has 0 aromatic heterocycles. The average Bonchev–Trinajstić information content (AvgIpc) is 2.46. The molecule has 0 unspecified atom stereocenters. The fourth-order valence-electron chi connectivity index (χ4n) is 1.98. The molecule has 2 aromatic carbocycles. The van der Waals surface area contributed by atoms with Crippen molar-refractivity contribution >= 4 is 5.69 Å². The normalized spacial score (nSPS) is 10.7. The predicted molar refractivity (Wildman–Crippen MR) is 77.6 cm³/mol. The van der Waals surface area contributed by atoms with Gasteiger partial charge < -0.3 is 14.8 Å². The molecule has 2 aromatic rings. The van der Waals surface area contributed by atoms with Gasteiger partial charge in [-0.25, -0.2) is 0 Å². The van der Waals surface area contributed by atoms with Crippen LogP contribution >= 0.6 is 0 Å². The largest absolute Gasteiger partial charge is 0.435 e. The maximum Gasteiger partial charge on any atom is 0.387 e. The summed E-state index contributed by atoms with van der Waals surface area (Å²) < 4.78 is 33.8. The van der Waals surface area contributed by atoms with Crippen LogP contribution in [-0.2, 0) is 17.9 Å². The molecule has 2 rings (SSSR count). The Morgan fingerprint density at radius 1 is 1.05 bits per heavy atom. The quantitative estimate of drug-likeness (QED) is 0.835. The van der Waals surface area contributed by atoms with E-state index in [0.717, 1.165) is 16.8 Å². The predicted octanol–water partition coefficient (Wildman–Crippen LogP) is 4.05. The molecular formula is C16H17F2NO2. The van der Waals surface area contributed by atoms with Crippen LogP contribution in [0, 0.1) is 0 Å². The van der Waals surface area contributed by atoms with Crippen LogP contribution in [0.5, 0.6) is 5.75 Å². The topological polar surface area (TPSA) is 30.5 Å². The number of hydrogen-bond donors (Lipinski definition) is 1. The maximum absolute atomic E-state index is 12.2. The number of halogens is 2. The van der Waals surface area contributed by atoms with Gasteiger partial charge in [-0.05, 0) is 23.3 Å². The van der Waals surface area contributed by atoms with Crippen LogP contribution in [0.15, 0.2) is 48.5 Å². The van der Waals surface area contributed by atoms with Crippen molar-refractivity contribution in [3.05, 3.63) is 59.7 Å². The van der Waals surface area contributed by atoms with Crippen molar-refractivity contribution in [2.24, 2.45) is 0 Å². The van der Waals surface area contributed by atoms with Crippen LogP contribution in [0.4, 0.5) is 14.5 Å². The molecule has 0 amide bonds. The first-order valence-electron chi connectivity index (χ1n) is 6.53. The zero-order chi connectivity index (χ0) is 15.1. The Labute approximate surface area is 122 Å². The fraction of sp³-hybridized carbons (Fsp3) is 0.250. The number of rotatable bonds is 7. The molecule has 0 aliphatic rings. The third-order valence-electron chi connectivity index (χ3n) is 2.86. The molecule has 0 saturated carbocycles. The molecule has 0 atom stereocenters. The molecule has 3 nitrogen and oxygen atoms in total. The lowest BCUT2D eigenvalue weighted by molar-refractivity contribution is -0.0498. The third-order valence-corrected chi connectivity index (χ3v) is 2.86. The summed E-state index contributed by atoms with van der Waals surface area (Å²) in [6, 6.07) is 14.5. The van der Waals surface area contributed by atoms with Crippen molar-refractivity contribution in [3.8, 4) is 5.75 Å². The first-order chi connectivity index (χ1) is 10.2. The Balaban J connectivity index is 1.97. The SMILES string of the molecule is COCc1cccc(CNc2cccc(OC(F)F)c2)c1. The molecule has 21 heavy (non-hydrogen) atoms. The molecule has 0 heterocycles. The molecule has 5 heteroatoms. The van der Waals surface area contributed by atoms with Crippen LogP contribution in [0.2, 0.25) is 0 Å². The van der Waals surface area contributed by atoms with Gasteiger partial charge >= 0.3 is 6.61 Å². The Kier molecular flexibility index (Phi) is 5.51. The van der Waals surface area contributed by atoms with Gasteiger partial charge in [0, 0.05) is 25.4 Å². The first-order valence-corrected chi connectivity index (χ1v) is 6.53. The lowest BCUT2D eigenvalue weighted by Gasteiger charge is -2.10. The highest BCUT2D eigenvalue weighted by Gasteiger charge is 2.04. The Morgan fingerprint density at radius 2 is 1.81 bits per heavy atom. The zero-order valence-electron chi connectivity index (χ0n) is 11.7. The second-order valence-electron chi connectivity index (χ2n) is 4.51. The first kappa shape index (κ1) is 15.3. The Morgan fingerprint density at radius 3 is 2.57 bits per heavy atom. The number of benzene rings is 2. The van der Waals surface area contributed by atoms with Crippen LogP contribution in [0.3, 0.4) is 0 Å². The van der Waals surface area contributed by atoms with Crippen molar-refractivity contribution < 1.29 is 18.3 Å². The smallest absolute Gasteiger partial charge is 0.387 e. The van der Waals surface area contributed by atoms with Crippen LogP contribution in [-0.4, -0.2) is 13.7 Å². The minimum Gasteiger partial charge on any atom is -0.435 e. The van der Waals surface area contributed by atoms with Gasteiger partial charge in [0.05, 0.1) is 6.61 Å². The lowest BCUT2D eigenvalue weighted by Crippen LogP contribution is -2.03. The molecule has 0 spiro atoms. The van der Waals surface area contributed by atoms with E-state index in [-0.39, 0.29) is 5.75 Å². The molecule has 0 bridgehead atoms. The van der Waals surface area contributed by atoms with E-state index in [0.29, 0.717) is 13.2 Å². The third kappa shape index (κ3) is 5.04. The van der Waals surface area contributed by atoms with Crippen molar-refractivity contribution in [2.45, 2.75) is 19.8 Å². The summed E-state index contributed by atoms with van der Waals surface area (Å²) in [6.45, 7) is -1.66. The van der Waals surface area contributed by atoms with E-state index in [1.807, 2.05) is 24.3 Å². The molecule has 112 valence electrons. The highest BCUT2D eigenvalue weighted by Crippen LogP contribution is 2.20. The number of nitrogens with one attached hydrogen (secondary N) is 1.